The van der Waals surface area contributed by atoms with Crippen molar-refractivity contribution < 1.29 is 0 Å². The lowest BCUT2D eigenvalue weighted by molar-refractivity contribution is 0.616. The SMILES string of the molecule is Cc1ccc([N+](C)(C)C(=S)SSC(=S)N(C)C)cc1. The van der Waals surface area contributed by atoms with Crippen molar-refractivity contribution in [2.24, 2.45) is 0 Å². The summed E-state index contributed by atoms with van der Waals surface area (Å²) in [5.41, 5.74) is 2.44. The molecule has 1 rings (SSSR count). The van der Waals surface area contributed by atoms with Gasteiger partial charge >= 0.3 is 0 Å². The Kier molecular flexibility index (Phi) is 6.26. The van der Waals surface area contributed by atoms with E-state index in [1.807, 2.05) is 19.0 Å². The molecule has 0 atom stereocenters. The standard InChI is InChI=1S/C13H19N2S4/c1-10-6-8-11(9-7-10)15(4,5)13(17)19-18-12(16)14(2)3/h6-9H,1-5H3/q+1. The molecule has 0 heterocycles. The summed E-state index contributed by atoms with van der Waals surface area (Å²) in [6, 6.07) is 8.47. The summed E-state index contributed by atoms with van der Waals surface area (Å²) in [6.07, 6.45) is 0. The fourth-order valence-corrected chi connectivity index (χ4v) is 4.00. The Morgan fingerprint density at radius 2 is 1.58 bits per heavy atom. The summed E-state index contributed by atoms with van der Waals surface area (Å²) in [6.45, 7) is 2.09. The van der Waals surface area contributed by atoms with E-state index in [0.717, 1.165) is 8.64 Å². The number of hydrogen-bond acceptors (Lipinski definition) is 4. The van der Waals surface area contributed by atoms with E-state index in [0.29, 0.717) is 4.48 Å². The van der Waals surface area contributed by atoms with Crippen LogP contribution in [-0.2, 0) is 0 Å². The highest BCUT2D eigenvalue weighted by molar-refractivity contribution is 8.89. The number of aryl methyl sites for hydroxylation is 1. The van der Waals surface area contributed by atoms with Crippen LogP contribution in [0.1, 0.15) is 5.56 Å². The first-order chi connectivity index (χ1) is 8.75. The molecule has 0 aromatic heterocycles. The first-order valence-corrected chi connectivity index (χ1v) is 8.73. The van der Waals surface area contributed by atoms with Crippen LogP contribution in [0.5, 0.6) is 0 Å². The molecule has 0 saturated carbocycles. The molecular formula is C13H19N2S4+. The normalized spacial score (nSPS) is 11.2. The van der Waals surface area contributed by atoms with Crippen molar-refractivity contribution in [2.45, 2.75) is 6.92 Å². The number of quaternary nitrogens is 1. The number of rotatable bonds is 1. The molecule has 0 unspecified atom stereocenters. The number of benzene rings is 1. The van der Waals surface area contributed by atoms with Gasteiger partial charge in [0.15, 0.2) is 0 Å². The molecule has 19 heavy (non-hydrogen) atoms. The molecule has 0 amide bonds. The van der Waals surface area contributed by atoms with Crippen molar-refractivity contribution in [3.05, 3.63) is 29.8 Å². The molecule has 0 saturated heterocycles. The van der Waals surface area contributed by atoms with E-state index in [2.05, 4.69) is 45.3 Å². The maximum Gasteiger partial charge on any atom is 0.249 e. The van der Waals surface area contributed by atoms with Gasteiger partial charge in [-0.05, 0) is 42.1 Å². The van der Waals surface area contributed by atoms with Crippen molar-refractivity contribution in [3.8, 4) is 0 Å². The van der Waals surface area contributed by atoms with Gasteiger partial charge < -0.3 is 4.90 Å². The fraction of sp³-hybridized carbons (Fsp3) is 0.385. The van der Waals surface area contributed by atoms with E-state index in [1.165, 1.54) is 22.0 Å². The molecule has 0 spiro atoms. The van der Waals surface area contributed by atoms with Crippen LogP contribution in [0.25, 0.3) is 0 Å². The van der Waals surface area contributed by atoms with Gasteiger partial charge in [0, 0.05) is 24.9 Å². The number of thiocarbonyl (C=S) groups is 2. The lowest BCUT2D eigenvalue weighted by atomic mass is 10.2. The van der Waals surface area contributed by atoms with Gasteiger partial charge in [-0.3, -0.25) is 0 Å². The summed E-state index contributed by atoms with van der Waals surface area (Å²) in [4.78, 5) is 1.92. The Morgan fingerprint density at radius 3 is 2.05 bits per heavy atom. The minimum Gasteiger partial charge on any atom is -0.363 e. The molecule has 2 nitrogen and oxygen atoms in total. The molecule has 0 N–H and O–H groups in total. The van der Waals surface area contributed by atoms with Gasteiger partial charge in [0.05, 0.1) is 14.1 Å². The van der Waals surface area contributed by atoms with Crippen molar-refractivity contribution in [1.29, 1.82) is 0 Å². The van der Waals surface area contributed by atoms with E-state index < -0.39 is 0 Å². The zero-order chi connectivity index (χ0) is 14.6. The molecule has 0 radical (unpaired) electrons. The number of hydrogen-bond donors (Lipinski definition) is 0. The van der Waals surface area contributed by atoms with Crippen LogP contribution in [0, 0.1) is 6.92 Å². The Hall–Kier alpha value is -0.140. The maximum absolute atomic E-state index is 5.55. The Morgan fingerprint density at radius 1 is 1.05 bits per heavy atom. The van der Waals surface area contributed by atoms with Crippen LogP contribution in [-0.4, -0.2) is 41.7 Å². The third-order valence-corrected chi connectivity index (χ3v) is 7.03. The van der Waals surface area contributed by atoms with E-state index in [9.17, 15) is 0 Å². The zero-order valence-electron chi connectivity index (χ0n) is 11.8. The average Bonchev–Trinajstić information content (AvgIpc) is 2.35. The van der Waals surface area contributed by atoms with Gasteiger partial charge in [-0.2, -0.15) is 0 Å². The molecule has 0 aliphatic carbocycles. The summed E-state index contributed by atoms with van der Waals surface area (Å²) < 4.78 is 2.29. The Bertz CT molecular complexity index is 466. The number of nitrogens with zero attached hydrogens (tertiary/aromatic N) is 2. The second-order valence-electron chi connectivity index (χ2n) is 4.88. The minimum atomic E-state index is 0.573. The molecule has 6 heteroatoms. The van der Waals surface area contributed by atoms with Crippen LogP contribution in [0.15, 0.2) is 24.3 Å². The highest BCUT2D eigenvalue weighted by atomic mass is 33.1. The third-order valence-electron chi connectivity index (χ3n) is 2.69. The van der Waals surface area contributed by atoms with Crippen molar-refractivity contribution >= 4 is 60.4 Å². The summed E-state index contributed by atoms with van der Waals surface area (Å²) >= 11 is 10.8. The third kappa shape index (κ3) is 4.72. The molecule has 1 aromatic carbocycles. The largest absolute Gasteiger partial charge is 0.363 e. The van der Waals surface area contributed by atoms with Gasteiger partial charge in [-0.15, -0.1) is 0 Å². The molecule has 1 aromatic rings. The molecule has 0 aliphatic heterocycles. The van der Waals surface area contributed by atoms with Crippen LogP contribution >= 0.6 is 46.0 Å². The molecular weight excluding hydrogens is 312 g/mol. The van der Waals surface area contributed by atoms with Gasteiger partial charge in [0.25, 0.3) is 0 Å². The van der Waals surface area contributed by atoms with Crippen LogP contribution in [0.3, 0.4) is 0 Å². The van der Waals surface area contributed by atoms with Gasteiger partial charge in [-0.1, -0.05) is 29.9 Å². The fourth-order valence-electron chi connectivity index (χ4n) is 1.26. The van der Waals surface area contributed by atoms with Crippen molar-refractivity contribution in [2.75, 3.05) is 28.2 Å². The Labute approximate surface area is 134 Å². The molecule has 0 aliphatic rings. The minimum absolute atomic E-state index is 0.573. The monoisotopic (exact) mass is 331 g/mol. The highest BCUT2D eigenvalue weighted by Crippen LogP contribution is 2.32. The van der Waals surface area contributed by atoms with Gasteiger partial charge in [-0.25, -0.2) is 4.48 Å². The van der Waals surface area contributed by atoms with Gasteiger partial charge in [0.1, 0.15) is 10.0 Å². The van der Waals surface area contributed by atoms with Crippen LogP contribution in [0.2, 0.25) is 0 Å². The lowest BCUT2D eigenvalue weighted by Crippen LogP contribution is -2.43. The predicted octanol–water partition coefficient (Wildman–Crippen LogP) is 4.07. The summed E-state index contributed by atoms with van der Waals surface area (Å²) in [5.74, 6) is 0. The Balaban J connectivity index is 2.74. The smallest absolute Gasteiger partial charge is 0.249 e. The highest BCUT2D eigenvalue weighted by Gasteiger charge is 2.27. The molecule has 0 fully saturated rings. The zero-order valence-corrected chi connectivity index (χ0v) is 15.1. The second-order valence-corrected chi connectivity index (χ2v) is 8.28. The second kappa shape index (κ2) is 7.04. The average molecular weight is 332 g/mol. The lowest BCUT2D eigenvalue weighted by Gasteiger charge is -2.28. The van der Waals surface area contributed by atoms with Crippen molar-refractivity contribution in [3.63, 3.8) is 0 Å². The van der Waals surface area contributed by atoms with Crippen molar-refractivity contribution in [1.82, 2.24) is 9.38 Å². The predicted molar refractivity (Wildman–Crippen MR) is 98.9 cm³/mol. The summed E-state index contributed by atoms with van der Waals surface area (Å²) in [7, 11) is 11.2. The topological polar surface area (TPSA) is 3.24 Å². The van der Waals surface area contributed by atoms with Gasteiger partial charge in [0.2, 0.25) is 4.32 Å². The molecule has 0 bridgehead atoms. The first kappa shape index (κ1) is 16.9. The van der Waals surface area contributed by atoms with E-state index in [1.54, 1.807) is 10.8 Å². The molecule has 104 valence electrons. The van der Waals surface area contributed by atoms with E-state index >= 15 is 0 Å². The van der Waals surface area contributed by atoms with E-state index in [-0.39, 0.29) is 0 Å². The summed E-state index contributed by atoms with van der Waals surface area (Å²) in [5, 5.41) is 0. The maximum atomic E-state index is 5.55. The quantitative estimate of drug-likeness (QED) is 0.432. The van der Waals surface area contributed by atoms with Crippen LogP contribution in [0.4, 0.5) is 5.69 Å². The van der Waals surface area contributed by atoms with E-state index in [4.69, 9.17) is 24.4 Å². The first-order valence-electron chi connectivity index (χ1n) is 5.76. The van der Waals surface area contributed by atoms with Crippen LogP contribution < -0.4 is 4.48 Å².